The highest BCUT2D eigenvalue weighted by atomic mass is 16.6. The Balaban J connectivity index is 1.57. The molecule has 1 aromatic carbocycles. The number of aromatic nitrogens is 2. The van der Waals surface area contributed by atoms with E-state index in [0.29, 0.717) is 18.7 Å². The summed E-state index contributed by atoms with van der Waals surface area (Å²) in [4.78, 5) is 25.7. The first-order valence-electron chi connectivity index (χ1n) is 10.4. The van der Waals surface area contributed by atoms with Gasteiger partial charge in [-0.25, -0.2) is 0 Å². The Labute approximate surface area is 170 Å². The molecule has 2 aromatic rings. The molecule has 0 spiro atoms. The van der Waals surface area contributed by atoms with E-state index in [1.807, 2.05) is 19.1 Å². The number of hydrogen-bond donors (Lipinski definition) is 2. The Morgan fingerprint density at radius 3 is 2.45 bits per heavy atom. The van der Waals surface area contributed by atoms with Gasteiger partial charge in [-0.05, 0) is 43.5 Å². The molecule has 0 atom stereocenters. The van der Waals surface area contributed by atoms with Crippen LogP contribution in [0.4, 0.5) is 5.69 Å². The Hall–Kier alpha value is -2.74. The number of rotatable bonds is 8. The molecule has 0 bridgehead atoms. The summed E-state index contributed by atoms with van der Waals surface area (Å²) in [5.74, 6) is -0.538. The summed E-state index contributed by atoms with van der Waals surface area (Å²) in [6.07, 6.45) is 6.39. The van der Waals surface area contributed by atoms with Crippen LogP contribution in [0.5, 0.6) is 0 Å². The zero-order chi connectivity index (χ0) is 20.6. The van der Waals surface area contributed by atoms with E-state index in [-0.39, 0.29) is 11.4 Å². The van der Waals surface area contributed by atoms with Crippen LogP contribution in [0.1, 0.15) is 66.3 Å². The number of H-pyrrole nitrogens is 1. The number of carbonyl (C=O) groups is 1. The normalized spacial score (nSPS) is 15.1. The zero-order valence-corrected chi connectivity index (χ0v) is 16.9. The van der Waals surface area contributed by atoms with Crippen molar-refractivity contribution in [3.63, 3.8) is 0 Å². The third-order valence-corrected chi connectivity index (χ3v) is 5.29. The van der Waals surface area contributed by atoms with Crippen molar-refractivity contribution in [3.8, 4) is 0 Å². The van der Waals surface area contributed by atoms with E-state index >= 15 is 0 Å². The quantitative estimate of drug-likeness (QED) is 0.521. The molecule has 0 radical (unpaired) electrons. The molecule has 2 heterocycles. The molecule has 1 aliphatic heterocycles. The summed E-state index contributed by atoms with van der Waals surface area (Å²) in [6.45, 7) is 5.48. The van der Waals surface area contributed by atoms with Gasteiger partial charge >= 0.3 is 5.69 Å². The molecule has 1 amide bonds. The highest BCUT2D eigenvalue weighted by Gasteiger charge is 2.28. The van der Waals surface area contributed by atoms with E-state index in [9.17, 15) is 14.9 Å². The van der Waals surface area contributed by atoms with Gasteiger partial charge in [-0.15, -0.1) is 0 Å². The van der Waals surface area contributed by atoms with E-state index in [2.05, 4.69) is 32.5 Å². The number of nitrogens with zero attached hydrogens (tertiary/aromatic N) is 3. The molecular formula is C21H29N5O3. The molecule has 1 aromatic heterocycles. The molecule has 29 heavy (non-hydrogen) atoms. The molecule has 156 valence electrons. The fourth-order valence-electron chi connectivity index (χ4n) is 3.73. The second-order valence-electron chi connectivity index (χ2n) is 7.60. The first-order valence-corrected chi connectivity index (χ1v) is 10.4. The fourth-order valence-corrected chi connectivity index (χ4v) is 3.73. The number of benzene rings is 1. The van der Waals surface area contributed by atoms with Gasteiger partial charge in [0.05, 0.1) is 4.92 Å². The molecule has 1 saturated heterocycles. The number of nitro groups is 1. The van der Waals surface area contributed by atoms with E-state index in [1.165, 1.54) is 31.2 Å². The minimum absolute atomic E-state index is 0.156. The maximum atomic E-state index is 12.4. The number of likely N-dealkylation sites (tertiary alicyclic amines) is 1. The molecule has 0 unspecified atom stereocenters. The van der Waals surface area contributed by atoms with Crippen molar-refractivity contribution in [1.29, 1.82) is 0 Å². The highest BCUT2D eigenvalue weighted by Crippen LogP contribution is 2.22. The van der Waals surface area contributed by atoms with Gasteiger partial charge in [0.25, 0.3) is 5.91 Å². The third-order valence-electron chi connectivity index (χ3n) is 5.29. The summed E-state index contributed by atoms with van der Waals surface area (Å²) in [5, 5.41) is 20.6. The van der Waals surface area contributed by atoms with Crippen LogP contribution in [-0.4, -0.2) is 39.0 Å². The molecule has 0 saturated carbocycles. The summed E-state index contributed by atoms with van der Waals surface area (Å²) in [7, 11) is 0. The summed E-state index contributed by atoms with van der Waals surface area (Å²) in [5.41, 5.74) is 2.22. The first kappa shape index (κ1) is 21.0. The largest absolute Gasteiger partial charge is 0.346 e. The maximum absolute atomic E-state index is 12.4. The zero-order valence-electron chi connectivity index (χ0n) is 16.9. The lowest BCUT2D eigenvalue weighted by molar-refractivity contribution is -0.385. The second kappa shape index (κ2) is 10.2. The van der Waals surface area contributed by atoms with Crippen LogP contribution >= 0.6 is 0 Å². The number of aromatic amines is 1. The van der Waals surface area contributed by atoms with Crippen LogP contribution in [0.25, 0.3) is 0 Å². The van der Waals surface area contributed by atoms with Gasteiger partial charge in [0.15, 0.2) is 0 Å². The summed E-state index contributed by atoms with van der Waals surface area (Å²) < 4.78 is 0. The van der Waals surface area contributed by atoms with Crippen LogP contribution in [0, 0.1) is 10.1 Å². The molecule has 8 nitrogen and oxygen atoms in total. The van der Waals surface area contributed by atoms with Crippen molar-refractivity contribution in [1.82, 2.24) is 20.4 Å². The van der Waals surface area contributed by atoms with Crippen LogP contribution in [0.3, 0.4) is 0 Å². The van der Waals surface area contributed by atoms with Crippen molar-refractivity contribution < 1.29 is 9.72 Å². The molecule has 0 aliphatic carbocycles. The van der Waals surface area contributed by atoms with E-state index < -0.39 is 10.8 Å². The van der Waals surface area contributed by atoms with Crippen LogP contribution in [0.15, 0.2) is 24.3 Å². The first-order chi connectivity index (χ1) is 14.1. The lowest BCUT2D eigenvalue weighted by atomic mass is 10.1. The minimum Gasteiger partial charge on any atom is -0.346 e. The van der Waals surface area contributed by atoms with Gasteiger partial charge < -0.3 is 5.32 Å². The third kappa shape index (κ3) is 5.63. The minimum atomic E-state index is -0.541. The topological polar surface area (TPSA) is 104 Å². The number of hydrogen-bond acceptors (Lipinski definition) is 5. The Kier molecular flexibility index (Phi) is 7.35. The number of carbonyl (C=O) groups excluding carboxylic acids is 1. The lowest BCUT2D eigenvalue weighted by Gasteiger charge is -2.19. The number of aryl methyl sites for hydroxylation is 1. The summed E-state index contributed by atoms with van der Waals surface area (Å²) >= 11 is 0. The van der Waals surface area contributed by atoms with Gasteiger partial charge in [0.2, 0.25) is 5.69 Å². The van der Waals surface area contributed by atoms with Crippen molar-refractivity contribution in [2.75, 3.05) is 13.1 Å². The molecule has 1 aliphatic rings. The smallest absolute Gasteiger partial charge is 0.322 e. The maximum Gasteiger partial charge on any atom is 0.322 e. The van der Waals surface area contributed by atoms with Gasteiger partial charge in [-0.2, -0.15) is 5.10 Å². The Bertz CT molecular complexity index is 823. The van der Waals surface area contributed by atoms with Gasteiger partial charge in [-0.1, -0.05) is 50.5 Å². The van der Waals surface area contributed by atoms with Crippen LogP contribution < -0.4 is 5.32 Å². The van der Waals surface area contributed by atoms with Gasteiger partial charge in [-0.3, -0.25) is 24.9 Å². The van der Waals surface area contributed by atoms with E-state index in [0.717, 1.165) is 31.6 Å². The molecule has 2 N–H and O–H groups in total. The van der Waals surface area contributed by atoms with Crippen molar-refractivity contribution in [3.05, 3.63) is 56.9 Å². The number of amides is 1. The molecule has 3 rings (SSSR count). The molecule has 8 heteroatoms. The standard InChI is InChI=1S/C21H29N5O3/c1-2-7-18-20(26(28)29)19(24-23-18)21(27)22-14-16-8-10-17(11-9-16)15-25-12-5-3-4-6-13-25/h8-11H,2-7,12-15H2,1H3,(H,22,27)(H,23,24). The fraction of sp³-hybridized carbons (Fsp3) is 0.524. The van der Waals surface area contributed by atoms with Gasteiger partial charge in [0, 0.05) is 13.1 Å². The predicted molar refractivity (Wildman–Crippen MR) is 111 cm³/mol. The monoisotopic (exact) mass is 399 g/mol. The lowest BCUT2D eigenvalue weighted by Crippen LogP contribution is -2.24. The molecular weight excluding hydrogens is 370 g/mol. The average molecular weight is 399 g/mol. The van der Waals surface area contributed by atoms with Crippen LogP contribution in [-0.2, 0) is 19.5 Å². The molecule has 1 fully saturated rings. The van der Waals surface area contributed by atoms with Crippen molar-refractivity contribution in [2.24, 2.45) is 0 Å². The number of nitrogens with one attached hydrogen (secondary N) is 2. The summed E-state index contributed by atoms with van der Waals surface area (Å²) in [6, 6.07) is 8.16. The Morgan fingerprint density at radius 1 is 1.17 bits per heavy atom. The highest BCUT2D eigenvalue weighted by molar-refractivity contribution is 5.96. The van der Waals surface area contributed by atoms with Gasteiger partial charge in [0.1, 0.15) is 5.69 Å². The second-order valence-corrected chi connectivity index (χ2v) is 7.60. The van der Waals surface area contributed by atoms with E-state index in [1.54, 1.807) is 0 Å². The van der Waals surface area contributed by atoms with Crippen molar-refractivity contribution >= 4 is 11.6 Å². The Morgan fingerprint density at radius 2 is 1.83 bits per heavy atom. The van der Waals surface area contributed by atoms with Crippen LogP contribution in [0.2, 0.25) is 0 Å². The average Bonchev–Trinajstić information content (AvgIpc) is 2.97. The van der Waals surface area contributed by atoms with Crippen molar-refractivity contribution in [2.45, 2.75) is 58.5 Å². The SMILES string of the molecule is CCCc1[nH]nc(C(=O)NCc2ccc(CN3CCCCCC3)cc2)c1[N+](=O)[O-]. The predicted octanol–water partition coefficient (Wildman–Crippen LogP) is 3.58. The van der Waals surface area contributed by atoms with E-state index in [4.69, 9.17) is 0 Å².